The van der Waals surface area contributed by atoms with Gasteiger partial charge in [0.05, 0.1) is 25.7 Å². The van der Waals surface area contributed by atoms with Crippen molar-refractivity contribution in [2.24, 2.45) is 0 Å². The number of nitrogens with zero attached hydrogens (tertiary/aromatic N) is 1. The molecule has 0 radical (unpaired) electrons. The fourth-order valence-corrected chi connectivity index (χ4v) is 5.57. The molecule has 0 aliphatic rings. The van der Waals surface area contributed by atoms with Crippen LogP contribution in [0.15, 0.2) is 72.8 Å². The zero-order valence-electron chi connectivity index (χ0n) is 25.5. The molecule has 0 spiro atoms. The lowest BCUT2D eigenvalue weighted by atomic mass is 9.92. The summed E-state index contributed by atoms with van der Waals surface area (Å²) in [6.45, 7) is 3.74. The van der Waals surface area contributed by atoms with Crippen LogP contribution in [0, 0.1) is 11.6 Å². The van der Waals surface area contributed by atoms with E-state index in [1.165, 1.54) is 25.3 Å². The van der Waals surface area contributed by atoms with Crippen LogP contribution in [0.4, 0.5) is 8.78 Å². The lowest BCUT2D eigenvalue weighted by molar-refractivity contribution is -0.139. The second-order valence-electron chi connectivity index (χ2n) is 11.2. The lowest BCUT2D eigenvalue weighted by Gasteiger charge is -2.20. The van der Waals surface area contributed by atoms with Gasteiger partial charge in [-0.3, -0.25) is 9.59 Å². The van der Waals surface area contributed by atoms with E-state index in [0.717, 1.165) is 5.56 Å². The second kappa shape index (κ2) is 15.0. The highest BCUT2D eigenvalue weighted by atomic mass is 19.1. The highest BCUT2D eigenvalue weighted by Gasteiger charge is 2.30. The molecule has 0 aliphatic carbocycles. The first-order valence-corrected chi connectivity index (χ1v) is 14.8. The molecule has 238 valence electrons. The number of benzene rings is 3. The maximum absolute atomic E-state index is 14.8. The number of methoxy groups -OCH3 is 1. The Bertz CT molecular complexity index is 1620. The summed E-state index contributed by atoms with van der Waals surface area (Å²) in [5.41, 5.74) is 3.95. The fourth-order valence-electron chi connectivity index (χ4n) is 5.57. The van der Waals surface area contributed by atoms with Gasteiger partial charge in [0, 0.05) is 41.0 Å². The van der Waals surface area contributed by atoms with Crippen molar-refractivity contribution in [3.05, 3.63) is 101 Å². The van der Waals surface area contributed by atoms with E-state index in [9.17, 15) is 28.6 Å². The van der Waals surface area contributed by atoms with E-state index >= 15 is 0 Å². The van der Waals surface area contributed by atoms with E-state index in [2.05, 4.69) is 5.32 Å². The van der Waals surface area contributed by atoms with Crippen LogP contribution in [0.2, 0.25) is 0 Å². The topological polar surface area (TPSA) is 121 Å². The van der Waals surface area contributed by atoms with Gasteiger partial charge in [0.1, 0.15) is 23.1 Å². The summed E-state index contributed by atoms with van der Waals surface area (Å²) in [4.78, 5) is 25.1. The number of aliphatic carboxylic acids is 1. The molecular weight excluding hydrogens is 582 g/mol. The summed E-state index contributed by atoms with van der Waals surface area (Å²) >= 11 is 0. The Labute approximate surface area is 260 Å². The van der Waals surface area contributed by atoms with E-state index in [4.69, 9.17) is 9.84 Å². The molecule has 2 unspecified atom stereocenters. The maximum Gasteiger partial charge on any atom is 0.305 e. The van der Waals surface area contributed by atoms with Gasteiger partial charge in [0.2, 0.25) is 0 Å². The molecule has 0 bridgehead atoms. The quantitative estimate of drug-likeness (QED) is 0.134. The van der Waals surface area contributed by atoms with Gasteiger partial charge in [-0.05, 0) is 62.4 Å². The Morgan fingerprint density at radius 1 is 0.911 bits per heavy atom. The van der Waals surface area contributed by atoms with Crippen molar-refractivity contribution in [3.8, 4) is 28.0 Å². The molecule has 3 aromatic carbocycles. The SMILES string of the molecule is COc1ccc(CNC(=O)c2c(-c3ccccc3)c(-c3ccc(F)cc3)c(CCC(O)CC(O)CC(=O)O)n2C(C)C)c(F)c1. The summed E-state index contributed by atoms with van der Waals surface area (Å²) in [6.07, 6.45) is -2.44. The van der Waals surface area contributed by atoms with Crippen LogP contribution in [-0.2, 0) is 17.8 Å². The van der Waals surface area contributed by atoms with Crippen LogP contribution in [-0.4, -0.2) is 51.1 Å². The van der Waals surface area contributed by atoms with E-state index in [1.54, 1.807) is 24.3 Å². The van der Waals surface area contributed by atoms with Gasteiger partial charge < -0.3 is 29.9 Å². The number of aromatic nitrogens is 1. The molecule has 4 rings (SSSR count). The molecule has 4 N–H and O–H groups in total. The first-order chi connectivity index (χ1) is 21.5. The highest BCUT2D eigenvalue weighted by molar-refractivity contribution is 6.05. The Balaban J connectivity index is 1.84. The molecule has 2 atom stereocenters. The summed E-state index contributed by atoms with van der Waals surface area (Å²) in [5.74, 6) is -2.21. The Hall–Kier alpha value is -4.54. The van der Waals surface area contributed by atoms with Crippen molar-refractivity contribution >= 4 is 11.9 Å². The van der Waals surface area contributed by atoms with Crippen molar-refractivity contribution in [2.45, 2.75) is 64.3 Å². The average Bonchev–Trinajstić information content (AvgIpc) is 3.35. The van der Waals surface area contributed by atoms with E-state index < -0.39 is 42.1 Å². The first-order valence-electron chi connectivity index (χ1n) is 14.8. The van der Waals surface area contributed by atoms with Crippen LogP contribution in [0.5, 0.6) is 5.75 Å². The molecule has 8 nitrogen and oxygen atoms in total. The number of carbonyl (C=O) groups is 2. The van der Waals surface area contributed by atoms with Crippen molar-refractivity contribution in [1.82, 2.24) is 9.88 Å². The molecule has 1 amide bonds. The first kappa shape index (κ1) is 33.4. The predicted octanol–water partition coefficient (Wildman–Crippen LogP) is 6.14. The molecule has 1 heterocycles. The van der Waals surface area contributed by atoms with Gasteiger partial charge >= 0.3 is 5.97 Å². The van der Waals surface area contributed by atoms with E-state index in [0.29, 0.717) is 33.8 Å². The zero-order chi connectivity index (χ0) is 32.7. The molecule has 0 saturated heterocycles. The van der Waals surface area contributed by atoms with Crippen LogP contribution in [0.3, 0.4) is 0 Å². The number of aliphatic hydroxyl groups excluding tert-OH is 2. The number of carboxylic acid groups (broad SMARTS) is 1. The number of rotatable bonds is 14. The number of hydrogen-bond acceptors (Lipinski definition) is 5. The van der Waals surface area contributed by atoms with Crippen molar-refractivity contribution < 1.29 is 38.4 Å². The van der Waals surface area contributed by atoms with E-state index in [1.807, 2.05) is 48.7 Å². The number of halogens is 2. The summed E-state index contributed by atoms with van der Waals surface area (Å²) in [6, 6.07) is 19.4. The van der Waals surface area contributed by atoms with Crippen LogP contribution in [0.25, 0.3) is 22.3 Å². The molecule has 0 aliphatic heterocycles. The smallest absolute Gasteiger partial charge is 0.305 e. The molecule has 1 aromatic heterocycles. The second-order valence-corrected chi connectivity index (χ2v) is 11.2. The molecule has 10 heteroatoms. The summed E-state index contributed by atoms with van der Waals surface area (Å²) in [5, 5.41) is 32.7. The zero-order valence-corrected chi connectivity index (χ0v) is 25.5. The molecule has 0 saturated carbocycles. The average molecular weight is 621 g/mol. The number of amides is 1. The Kier molecular flexibility index (Phi) is 11.1. The van der Waals surface area contributed by atoms with E-state index in [-0.39, 0.29) is 37.4 Å². The Morgan fingerprint density at radius 3 is 2.18 bits per heavy atom. The lowest BCUT2D eigenvalue weighted by Crippen LogP contribution is -2.27. The van der Waals surface area contributed by atoms with Gasteiger partial charge in [0.15, 0.2) is 0 Å². The molecule has 45 heavy (non-hydrogen) atoms. The Morgan fingerprint density at radius 2 is 1.58 bits per heavy atom. The van der Waals surface area contributed by atoms with Crippen molar-refractivity contribution in [2.75, 3.05) is 7.11 Å². The number of carboxylic acids is 1. The minimum atomic E-state index is -1.22. The predicted molar refractivity (Wildman–Crippen MR) is 167 cm³/mol. The summed E-state index contributed by atoms with van der Waals surface area (Å²) in [7, 11) is 1.44. The fraction of sp³-hybridized carbons (Fsp3) is 0.314. The monoisotopic (exact) mass is 620 g/mol. The van der Waals surface area contributed by atoms with Gasteiger partial charge in [-0.1, -0.05) is 48.5 Å². The number of aliphatic hydroxyl groups is 2. The van der Waals surface area contributed by atoms with Gasteiger partial charge in [-0.2, -0.15) is 0 Å². The highest BCUT2D eigenvalue weighted by Crippen LogP contribution is 2.42. The largest absolute Gasteiger partial charge is 0.497 e. The third kappa shape index (κ3) is 8.14. The molecule has 0 fully saturated rings. The number of ether oxygens (including phenoxy) is 1. The third-order valence-electron chi connectivity index (χ3n) is 7.60. The van der Waals surface area contributed by atoms with Gasteiger partial charge in [-0.15, -0.1) is 0 Å². The number of carbonyl (C=O) groups excluding carboxylic acids is 1. The van der Waals surface area contributed by atoms with Crippen LogP contribution >= 0.6 is 0 Å². The van der Waals surface area contributed by atoms with Crippen molar-refractivity contribution in [1.29, 1.82) is 0 Å². The minimum absolute atomic E-state index is 0.0897. The van der Waals surface area contributed by atoms with Crippen molar-refractivity contribution in [3.63, 3.8) is 0 Å². The van der Waals surface area contributed by atoms with Gasteiger partial charge in [0.25, 0.3) is 5.91 Å². The van der Waals surface area contributed by atoms with Crippen LogP contribution < -0.4 is 10.1 Å². The number of hydrogen-bond donors (Lipinski definition) is 4. The molecular formula is C35H38F2N2O6. The minimum Gasteiger partial charge on any atom is -0.497 e. The normalized spacial score (nSPS) is 12.6. The third-order valence-corrected chi connectivity index (χ3v) is 7.60. The summed E-state index contributed by atoms with van der Waals surface area (Å²) < 4.78 is 35.8. The maximum atomic E-state index is 14.8. The number of nitrogens with one attached hydrogen (secondary N) is 1. The van der Waals surface area contributed by atoms with Gasteiger partial charge in [-0.25, -0.2) is 8.78 Å². The standard InChI is InChI=1S/C35H38F2N2O6/c1-21(2)39-30(16-14-26(40)17-27(41)18-31(42)43)32(23-9-12-25(36)13-10-23)33(22-7-5-4-6-8-22)34(39)35(44)38-20-24-11-15-28(45-3)19-29(24)37/h4-13,15,19,21,26-27,40-41H,14,16-18,20H2,1-3H3,(H,38,44)(H,42,43). The molecule has 4 aromatic rings. The van der Waals surface area contributed by atoms with Crippen LogP contribution in [0.1, 0.15) is 60.9 Å².